The topological polar surface area (TPSA) is 0 Å². The molecule has 0 aliphatic carbocycles. The first-order chi connectivity index (χ1) is 9.61. The summed E-state index contributed by atoms with van der Waals surface area (Å²) in [5.74, 6) is -0.176. The van der Waals surface area contributed by atoms with Gasteiger partial charge in [0.1, 0.15) is 5.82 Å². The Labute approximate surface area is 137 Å². The summed E-state index contributed by atoms with van der Waals surface area (Å²) in [5.41, 5.74) is 1.28. The predicted octanol–water partition coefficient (Wildman–Crippen LogP) is 6.48. The molecule has 0 nitrogen and oxygen atoms in total. The van der Waals surface area contributed by atoms with E-state index in [9.17, 15) is 4.39 Å². The lowest BCUT2D eigenvalue weighted by molar-refractivity contribution is 0.630. The Hall–Kier alpha value is -0.710. The van der Waals surface area contributed by atoms with Crippen LogP contribution in [0.5, 0.6) is 0 Å². The molecule has 2 aromatic carbocycles. The van der Waals surface area contributed by atoms with Gasteiger partial charge in [-0.25, -0.2) is 4.39 Å². The van der Waals surface area contributed by atoms with E-state index in [0.29, 0.717) is 0 Å². The van der Waals surface area contributed by atoms with Crippen LogP contribution in [0.4, 0.5) is 4.39 Å². The molecular weight excluding hydrogens is 403 g/mol. The highest BCUT2D eigenvalue weighted by Crippen LogP contribution is 2.36. The Morgan fingerprint density at radius 3 is 2.55 bits per heavy atom. The van der Waals surface area contributed by atoms with Gasteiger partial charge in [-0.3, -0.25) is 0 Å². The number of hydrogen-bond acceptors (Lipinski definition) is 1. The molecule has 0 aliphatic heterocycles. The van der Waals surface area contributed by atoms with E-state index in [1.807, 2.05) is 6.07 Å². The molecule has 0 N–H and O–H groups in total. The standard InChI is InChI=1S/C16H11Br2FS/c17-12-4-1-10(2-5-12)7-14(18)16-8-11-3-6-13(19)9-15(11)20-16/h1-6,8-9,14H,7H2. The van der Waals surface area contributed by atoms with Crippen molar-refractivity contribution < 1.29 is 4.39 Å². The lowest BCUT2D eigenvalue weighted by atomic mass is 10.1. The smallest absolute Gasteiger partial charge is 0.124 e. The average molecular weight is 414 g/mol. The van der Waals surface area contributed by atoms with Gasteiger partial charge in [0.15, 0.2) is 0 Å². The van der Waals surface area contributed by atoms with Crippen LogP contribution in [0.2, 0.25) is 0 Å². The fraction of sp³-hybridized carbons (Fsp3) is 0.125. The molecule has 0 spiro atoms. The Balaban J connectivity index is 1.84. The van der Waals surface area contributed by atoms with E-state index in [4.69, 9.17) is 0 Å². The van der Waals surface area contributed by atoms with Gasteiger partial charge in [0.05, 0.1) is 4.83 Å². The molecule has 1 aromatic heterocycles. The predicted molar refractivity (Wildman–Crippen MR) is 91.3 cm³/mol. The van der Waals surface area contributed by atoms with Crippen LogP contribution in [0.3, 0.4) is 0 Å². The van der Waals surface area contributed by atoms with Crippen molar-refractivity contribution in [2.24, 2.45) is 0 Å². The van der Waals surface area contributed by atoms with Gasteiger partial charge in [0, 0.05) is 14.0 Å². The molecule has 0 aliphatic rings. The molecule has 1 atom stereocenters. The highest BCUT2D eigenvalue weighted by molar-refractivity contribution is 9.10. The number of fused-ring (bicyclic) bond motifs is 1. The molecule has 3 rings (SSSR count). The van der Waals surface area contributed by atoms with Gasteiger partial charge < -0.3 is 0 Å². The molecule has 20 heavy (non-hydrogen) atoms. The highest BCUT2D eigenvalue weighted by atomic mass is 79.9. The minimum atomic E-state index is -0.176. The minimum absolute atomic E-state index is 0.176. The van der Waals surface area contributed by atoms with Crippen molar-refractivity contribution >= 4 is 53.3 Å². The summed E-state index contributed by atoms with van der Waals surface area (Å²) in [6, 6.07) is 15.4. The number of alkyl halides is 1. The highest BCUT2D eigenvalue weighted by Gasteiger charge is 2.12. The Kier molecular flexibility index (Phi) is 4.24. The molecule has 0 saturated heterocycles. The maximum absolute atomic E-state index is 13.2. The SMILES string of the molecule is Fc1ccc2cc(C(Br)Cc3ccc(Br)cc3)sc2c1. The lowest BCUT2D eigenvalue weighted by Gasteiger charge is -2.07. The zero-order valence-electron chi connectivity index (χ0n) is 10.4. The van der Waals surface area contributed by atoms with E-state index in [2.05, 4.69) is 62.2 Å². The number of halogens is 3. The minimum Gasteiger partial charge on any atom is -0.207 e. The second kappa shape index (κ2) is 5.96. The van der Waals surface area contributed by atoms with Gasteiger partial charge in [-0.1, -0.05) is 50.1 Å². The summed E-state index contributed by atoms with van der Waals surface area (Å²) in [5, 5.41) is 1.10. The van der Waals surface area contributed by atoms with Gasteiger partial charge in [0.2, 0.25) is 0 Å². The number of benzene rings is 2. The van der Waals surface area contributed by atoms with Gasteiger partial charge in [0.25, 0.3) is 0 Å². The second-order valence-corrected chi connectivity index (χ2v) is 7.77. The van der Waals surface area contributed by atoms with Crippen LogP contribution in [0.25, 0.3) is 10.1 Å². The summed E-state index contributed by atoms with van der Waals surface area (Å²) in [6.07, 6.45) is 0.919. The third-order valence-electron chi connectivity index (χ3n) is 3.14. The van der Waals surface area contributed by atoms with E-state index < -0.39 is 0 Å². The molecule has 3 aromatic rings. The average Bonchev–Trinajstić information content (AvgIpc) is 2.84. The largest absolute Gasteiger partial charge is 0.207 e. The quantitative estimate of drug-likeness (QED) is 0.431. The maximum atomic E-state index is 13.2. The van der Waals surface area contributed by atoms with Gasteiger partial charge in [-0.05, 0) is 47.7 Å². The summed E-state index contributed by atoms with van der Waals surface area (Å²) in [6.45, 7) is 0. The molecule has 0 amide bonds. The summed E-state index contributed by atoms with van der Waals surface area (Å²) >= 11 is 8.83. The first-order valence-corrected chi connectivity index (χ1v) is 8.72. The van der Waals surface area contributed by atoms with E-state index >= 15 is 0 Å². The zero-order valence-corrected chi connectivity index (χ0v) is 14.4. The molecule has 0 saturated carbocycles. The van der Waals surface area contributed by atoms with E-state index in [1.54, 1.807) is 17.4 Å². The van der Waals surface area contributed by atoms with E-state index in [0.717, 1.165) is 21.0 Å². The fourth-order valence-corrected chi connectivity index (χ4v) is 4.23. The summed E-state index contributed by atoms with van der Waals surface area (Å²) in [4.78, 5) is 1.48. The Morgan fingerprint density at radius 2 is 1.80 bits per heavy atom. The monoisotopic (exact) mass is 412 g/mol. The fourth-order valence-electron chi connectivity index (χ4n) is 2.11. The van der Waals surface area contributed by atoms with Crippen LogP contribution in [-0.2, 0) is 6.42 Å². The maximum Gasteiger partial charge on any atom is 0.124 e. The molecule has 1 unspecified atom stereocenters. The van der Waals surface area contributed by atoms with Crippen molar-refractivity contribution in [3.05, 3.63) is 69.3 Å². The molecule has 0 radical (unpaired) electrons. The van der Waals surface area contributed by atoms with Crippen LogP contribution >= 0.6 is 43.2 Å². The van der Waals surface area contributed by atoms with Crippen molar-refractivity contribution in [2.75, 3.05) is 0 Å². The first kappa shape index (κ1) is 14.2. The second-order valence-electron chi connectivity index (χ2n) is 4.63. The Morgan fingerprint density at radius 1 is 1.05 bits per heavy atom. The molecule has 102 valence electrons. The molecular formula is C16H11Br2FS. The Bertz CT molecular complexity index is 734. The van der Waals surface area contributed by atoms with Crippen molar-refractivity contribution in [3.8, 4) is 0 Å². The lowest BCUT2D eigenvalue weighted by Crippen LogP contribution is -1.92. The van der Waals surface area contributed by atoms with Gasteiger partial charge >= 0.3 is 0 Å². The van der Waals surface area contributed by atoms with E-state index in [1.165, 1.54) is 16.5 Å². The molecule has 4 heteroatoms. The number of thiophene rings is 1. The van der Waals surface area contributed by atoms with Gasteiger partial charge in [-0.15, -0.1) is 11.3 Å². The first-order valence-electron chi connectivity index (χ1n) is 6.19. The third-order valence-corrected chi connectivity index (χ3v) is 6.00. The molecule has 0 bridgehead atoms. The van der Waals surface area contributed by atoms with Crippen LogP contribution in [0.15, 0.2) is 53.0 Å². The van der Waals surface area contributed by atoms with Crippen molar-refractivity contribution in [1.29, 1.82) is 0 Å². The normalized spacial score (nSPS) is 12.8. The van der Waals surface area contributed by atoms with Crippen LogP contribution in [0.1, 0.15) is 15.3 Å². The molecule has 1 heterocycles. The molecule has 0 fully saturated rings. The van der Waals surface area contributed by atoms with Gasteiger partial charge in [-0.2, -0.15) is 0 Å². The van der Waals surface area contributed by atoms with Crippen LogP contribution in [-0.4, -0.2) is 0 Å². The third kappa shape index (κ3) is 3.13. The van der Waals surface area contributed by atoms with Crippen molar-refractivity contribution in [3.63, 3.8) is 0 Å². The number of rotatable bonds is 3. The van der Waals surface area contributed by atoms with Crippen molar-refractivity contribution in [2.45, 2.75) is 11.2 Å². The zero-order chi connectivity index (χ0) is 14.1. The number of hydrogen-bond donors (Lipinski definition) is 0. The summed E-state index contributed by atoms with van der Waals surface area (Å²) < 4.78 is 15.3. The summed E-state index contributed by atoms with van der Waals surface area (Å²) in [7, 11) is 0. The van der Waals surface area contributed by atoms with Crippen LogP contribution < -0.4 is 0 Å². The van der Waals surface area contributed by atoms with Crippen molar-refractivity contribution in [1.82, 2.24) is 0 Å². The van der Waals surface area contributed by atoms with E-state index in [-0.39, 0.29) is 10.6 Å². The van der Waals surface area contributed by atoms with Crippen LogP contribution in [0, 0.1) is 5.82 Å².